The molecule has 0 spiro atoms. The van der Waals surface area contributed by atoms with Crippen molar-refractivity contribution in [2.45, 2.75) is 71.3 Å². The number of benzene rings is 1. The van der Waals surface area contributed by atoms with Gasteiger partial charge in [-0.3, -0.25) is 0 Å². The van der Waals surface area contributed by atoms with Crippen LogP contribution in [0.4, 0.5) is 0 Å². The van der Waals surface area contributed by atoms with Crippen LogP contribution in [0.3, 0.4) is 0 Å². The first-order valence-electron chi connectivity index (χ1n) is 8.67. The van der Waals surface area contributed by atoms with Crippen molar-refractivity contribution in [3.05, 3.63) is 35.4 Å². The Balaban J connectivity index is 2.07. The molecule has 1 nitrogen and oxygen atoms in total. The maximum atomic E-state index is 3.81. The Labute approximate surface area is 125 Å². The summed E-state index contributed by atoms with van der Waals surface area (Å²) in [5, 5.41) is 3.81. The third kappa shape index (κ3) is 4.34. The van der Waals surface area contributed by atoms with E-state index in [1.165, 1.54) is 62.5 Å². The molecular weight excluding hydrogens is 242 g/mol. The number of nitrogens with one attached hydrogen (secondary N) is 1. The van der Waals surface area contributed by atoms with E-state index in [9.17, 15) is 0 Å². The molecular formula is C19H31N. The van der Waals surface area contributed by atoms with E-state index in [0.717, 1.165) is 12.5 Å². The first-order chi connectivity index (χ1) is 9.85. The quantitative estimate of drug-likeness (QED) is 0.714. The smallest absolute Gasteiger partial charge is 0.0348 e. The number of rotatable bonds is 7. The van der Waals surface area contributed by atoms with Crippen LogP contribution in [0.2, 0.25) is 0 Å². The van der Waals surface area contributed by atoms with Crippen LogP contribution in [-0.4, -0.2) is 6.54 Å². The Bertz CT molecular complexity index is 362. The SMILES string of the molecule is CCCNC(c1ccc(CCC)cc1)C1CCCCC1. The summed E-state index contributed by atoms with van der Waals surface area (Å²) in [6.45, 7) is 5.65. The van der Waals surface area contributed by atoms with Crippen molar-refractivity contribution >= 4 is 0 Å². The van der Waals surface area contributed by atoms with E-state index in [0.29, 0.717) is 6.04 Å². The number of aryl methyl sites for hydroxylation is 1. The van der Waals surface area contributed by atoms with Crippen LogP contribution >= 0.6 is 0 Å². The van der Waals surface area contributed by atoms with Gasteiger partial charge in [-0.15, -0.1) is 0 Å². The topological polar surface area (TPSA) is 12.0 Å². The maximum Gasteiger partial charge on any atom is 0.0348 e. The summed E-state index contributed by atoms with van der Waals surface area (Å²) >= 11 is 0. The fraction of sp³-hybridized carbons (Fsp3) is 0.684. The van der Waals surface area contributed by atoms with Gasteiger partial charge in [0.05, 0.1) is 0 Å². The van der Waals surface area contributed by atoms with E-state index < -0.39 is 0 Å². The van der Waals surface area contributed by atoms with Gasteiger partial charge < -0.3 is 5.32 Å². The van der Waals surface area contributed by atoms with Crippen molar-refractivity contribution in [3.63, 3.8) is 0 Å². The maximum absolute atomic E-state index is 3.81. The van der Waals surface area contributed by atoms with Crippen LogP contribution in [0.5, 0.6) is 0 Å². The predicted octanol–water partition coefficient (Wildman–Crippen LogP) is 5.26. The molecule has 1 aliphatic rings. The lowest BCUT2D eigenvalue weighted by Gasteiger charge is -2.31. The minimum absolute atomic E-state index is 0.575. The molecule has 0 bridgehead atoms. The average molecular weight is 273 g/mol. The Morgan fingerprint density at radius 3 is 2.30 bits per heavy atom. The Hall–Kier alpha value is -0.820. The molecule has 0 aliphatic heterocycles. The molecule has 1 atom stereocenters. The lowest BCUT2D eigenvalue weighted by atomic mass is 9.81. The van der Waals surface area contributed by atoms with E-state index in [2.05, 4.69) is 43.4 Å². The standard InChI is InChI=1S/C19H31N/c1-3-8-16-11-13-18(14-12-16)19(20-15-4-2)17-9-6-5-7-10-17/h11-14,17,19-20H,3-10,15H2,1-2H3. The lowest BCUT2D eigenvalue weighted by Crippen LogP contribution is -2.30. The van der Waals surface area contributed by atoms with E-state index in [4.69, 9.17) is 0 Å². The summed E-state index contributed by atoms with van der Waals surface area (Å²) < 4.78 is 0. The molecule has 20 heavy (non-hydrogen) atoms. The Morgan fingerprint density at radius 2 is 1.70 bits per heavy atom. The predicted molar refractivity (Wildman–Crippen MR) is 88.0 cm³/mol. The second kappa shape index (κ2) is 8.46. The van der Waals surface area contributed by atoms with Gasteiger partial charge in [-0.2, -0.15) is 0 Å². The van der Waals surface area contributed by atoms with Crippen LogP contribution < -0.4 is 5.32 Å². The van der Waals surface area contributed by atoms with Crippen molar-refractivity contribution in [3.8, 4) is 0 Å². The molecule has 0 amide bonds. The zero-order chi connectivity index (χ0) is 14.2. The first-order valence-corrected chi connectivity index (χ1v) is 8.67. The molecule has 1 fully saturated rings. The molecule has 112 valence electrons. The Kier molecular flexibility index (Phi) is 6.59. The Morgan fingerprint density at radius 1 is 1.00 bits per heavy atom. The molecule has 1 heteroatoms. The second-order valence-electron chi connectivity index (χ2n) is 6.32. The molecule has 1 aliphatic carbocycles. The van der Waals surface area contributed by atoms with Gasteiger partial charge in [0.15, 0.2) is 0 Å². The minimum atomic E-state index is 0.575. The van der Waals surface area contributed by atoms with Gasteiger partial charge in [-0.25, -0.2) is 0 Å². The molecule has 0 aromatic heterocycles. The van der Waals surface area contributed by atoms with Gasteiger partial charge in [-0.05, 0) is 49.3 Å². The minimum Gasteiger partial charge on any atom is -0.310 e. The van der Waals surface area contributed by atoms with Crippen molar-refractivity contribution < 1.29 is 0 Å². The molecule has 1 saturated carbocycles. The van der Waals surface area contributed by atoms with Crippen LogP contribution in [0.15, 0.2) is 24.3 Å². The van der Waals surface area contributed by atoms with Gasteiger partial charge in [0.2, 0.25) is 0 Å². The third-order valence-electron chi connectivity index (χ3n) is 4.61. The highest BCUT2D eigenvalue weighted by atomic mass is 14.9. The van der Waals surface area contributed by atoms with Gasteiger partial charge in [-0.1, -0.05) is 63.8 Å². The molecule has 0 saturated heterocycles. The first kappa shape index (κ1) is 15.6. The molecule has 2 rings (SSSR count). The molecule has 0 heterocycles. The normalized spacial score (nSPS) is 18.1. The lowest BCUT2D eigenvalue weighted by molar-refractivity contribution is 0.272. The van der Waals surface area contributed by atoms with Crippen molar-refractivity contribution in [2.24, 2.45) is 5.92 Å². The molecule has 1 unspecified atom stereocenters. The zero-order valence-electron chi connectivity index (χ0n) is 13.3. The monoisotopic (exact) mass is 273 g/mol. The number of hydrogen-bond acceptors (Lipinski definition) is 1. The third-order valence-corrected chi connectivity index (χ3v) is 4.61. The van der Waals surface area contributed by atoms with E-state index >= 15 is 0 Å². The largest absolute Gasteiger partial charge is 0.310 e. The summed E-state index contributed by atoms with van der Waals surface area (Å²) in [5.41, 5.74) is 2.99. The van der Waals surface area contributed by atoms with Crippen molar-refractivity contribution in [1.29, 1.82) is 0 Å². The average Bonchev–Trinajstić information content (AvgIpc) is 2.51. The highest BCUT2D eigenvalue weighted by molar-refractivity contribution is 5.26. The second-order valence-corrected chi connectivity index (χ2v) is 6.32. The van der Waals surface area contributed by atoms with Gasteiger partial charge in [0.1, 0.15) is 0 Å². The van der Waals surface area contributed by atoms with Gasteiger partial charge in [0, 0.05) is 6.04 Å². The molecule has 1 aromatic carbocycles. The summed E-state index contributed by atoms with van der Waals surface area (Å²) in [4.78, 5) is 0. The van der Waals surface area contributed by atoms with Crippen molar-refractivity contribution in [2.75, 3.05) is 6.54 Å². The van der Waals surface area contributed by atoms with Crippen LogP contribution in [0.25, 0.3) is 0 Å². The van der Waals surface area contributed by atoms with E-state index in [1.54, 1.807) is 0 Å². The molecule has 1 aromatic rings. The zero-order valence-corrected chi connectivity index (χ0v) is 13.3. The van der Waals surface area contributed by atoms with E-state index in [-0.39, 0.29) is 0 Å². The summed E-state index contributed by atoms with van der Waals surface area (Å²) in [7, 11) is 0. The van der Waals surface area contributed by atoms with Gasteiger partial charge >= 0.3 is 0 Å². The van der Waals surface area contributed by atoms with Crippen LogP contribution in [0.1, 0.15) is 76.0 Å². The molecule has 0 radical (unpaired) electrons. The van der Waals surface area contributed by atoms with Crippen molar-refractivity contribution in [1.82, 2.24) is 5.32 Å². The number of hydrogen-bond donors (Lipinski definition) is 1. The fourth-order valence-electron chi connectivity index (χ4n) is 3.50. The van der Waals surface area contributed by atoms with Crippen LogP contribution in [0, 0.1) is 5.92 Å². The van der Waals surface area contributed by atoms with E-state index in [1.807, 2.05) is 0 Å². The highest BCUT2D eigenvalue weighted by Gasteiger charge is 2.24. The summed E-state index contributed by atoms with van der Waals surface area (Å²) in [5.74, 6) is 0.840. The van der Waals surface area contributed by atoms with Gasteiger partial charge in [0.25, 0.3) is 0 Å². The summed E-state index contributed by atoms with van der Waals surface area (Å²) in [6.07, 6.45) is 10.7. The highest BCUT2D eigenvalue weighted by Crippen LogP contribution is 2.34. The fourth-order valence-corrected chi connectivity index (χ4v) is 3.50. The molecule has 1 N–H and O–H groups in total. The van der Waals surface area contributed by atoms with Crippen LogP contribution in [-0.2, 0) is 6.42 Å². The summed E-state index contributed by atoms with van der Waals surface area (Å²) in [6, 6.07) is 9.98.